The monoisotopic (exact) mass is 730 g/mol. The number of hydrogen-bond donors (Lipinski definition) is 0. The lowest BCUT2D eigenvalue weighted by atomic mass is 9.81. The van der Waals surface area contributed by atoms with Crippen LogP contribution in [-0.2, 0) is 5.41 Å². The highest BCUT2D eigenvalue weighted by atomic mass is 15.4. The molecule has 4 nitrogen and oxygen atoms in total. The van der Waals surface area contributed by atoms with Crippen molar-refractivity contribution in [1.82, 2.24) is 19.3 Å². The molecular weight excluding hydrogens is 693 g/mol. The summed E-state index contributed by atoms with van der Waals surface area (Å²) in [5, 5.41) is 7.68. The first-order valence-corrected chi connectivity index (χ1v) is 19.6. The molecule has 8 aromatic carbocycles. The zero-order chi connectivity index (χ0) is 38.1. The van der Waals surface area contributed by atoms with E-state index in [1.54, 1.807) is 0 Å². The summed E-state index contributed by atoms with van der Waals surface area (Å²) in [6.07, 6.45) is 0. The smallest absolute Gasteiger partial charge is 0.182 e. The molecule has 0 fully saturated rings. The average molecular weight is 731 g/mol. The van der Waals surface area contributed by atoms with E-state index >= 15 is 0 Å². The molecule has 0 radical (unpaired) electrons. The Morgan fingerprint density at radius 3 is 1.77 bits per heavy atom. The van der Waals surface area contributed by atoms with E-state index in [2.05, 4.69) is 188 Å². The molecule has 11 rings (SSSR count). The third-order valence-corrected chi connectivity index (χ3v) is 11.8. The maximum absolute atomic E-state index is 5.23. The van der Waals surface area contributed by atoms with Crippen molar-refractivity contribution in [2.75, 3.05) is 0 Å². The Labute approximate surface area is 332 Å². The largest absolute Gasteiger partial charge is 0.309 e. The molecule has 0 N–H and O–H groups in total. The van der Waals surface area contributed by atoms with Gasteiger partial charge in [-0.15, -0.1) is 5.10 Å². The molecule has 0 atom stereocenters. The van der Waals surface area contributed by atoms with Crippen LogP contribution >= 0.6 is 0 Å². The van der Waals surface area contributed by atoms with Crippen LogP contribution in [0.2, 0.25) is 0 Å². The highest BCUT2D eigenvalue weighted by molar-refractivity contribution is 6.10. The van der Waals surface area contributed by atoms with Crippen molar-refractivity contribution in [1.29, 1.82) is 0 Å². The topological polar surface area (TPSA) is 35.6 Å². The van der Waals surface area contributed by atoms with Crippen molar-refractivity contribution in [3.8, 4) is 67.5 Å². The molecule has 2 aromatic heterocycles. The first-order chi connectivity index (χ1) is 28.0. The lowest BCUT2D eigenvalue weighted by molar-refractivity contribution is 0.660. The summed E-state index contributed by atoms with van der Waals surface area (Å²) >= 11 is 0. The molecule has 270 valence electrons. The lowest BCUT2D eigenvalue weighted by Gasteiger charge is -2.22. The van der Waals surface area contributed by atoms with Gasteiger partial charge in [0.25, 0.3) is 0 Å². The van der Waals surface area contributed by atoms with E-state index in [4.69, 9.17) is 10.1 Å². The highest BCUT2D eigenvalue weighted by Gasteiger charge is 2.35. The minimum absolute atomic E-state index is 0.114. The first-order valence-electron chi connectivity index (χ1n) is 19.6. The minimum atomic E-state index is -0.114. The third kappa shape index (κ3) is 5.37. The maximum Gasteiger partial charge on any atom is 0.182 e. The molecule has 10 aromatic rings. The Kier molecular flexibility index (Phi) is 7.48. The molecule has 0 amide bonds. The van der Waals surface area contributed by atoms with E-state index in [9.17, 15) is 0 Å². The van der Waals surface area contributed by atoms with E-state index in [0.717, 1.165) is 45.0 Å². The van der Waals surface area contributed by atoms with Crippen LogP contribution in [0.3, 0.4) is 0 Å². The summed E-state index contributed by atoms with van der Waals surface area (Å²) in [5.74, 6) is 1.48. The van der Waals surface area contributed by atoms with Gasteiger partial charge in [0.05, 0.1) is 16.7 Å². The minimum Gasteiger partial charge on any atom is -0.309 e. The van der Waals surface area contributed by atoms with E-state index in [-0.39, 0.29) is 5.41 Å². The number of hydrogen-bond acceptors (Lipinski definition) is 2. The molecule has 1 aliphatic rings. The van der Waals surface area contributed by atoms with E-state index in [1.807, 2.05) is 28.9 Å². The normalized spacial score (nSPS) is 12.9. The average Bonchev–Trinajstić information content (AvgIpc) is 3.93. The van der Waals surface area contributed by atoms with E-state index in [1.165, 1.54) is 49.6 Å². The standard InChI is InChI=1S/C53H38N4/c1-53(2)47-24-14-12-22-43(47)44-28-26-38(34-48(44)53)40-30-39(37-27-29-50-46(33-37)45-23-13-15-25-49(45)56(50)41-20-10-5-11-21-41)31-42(32-40)57-52(36-18-8-4-9-19-36)54-51(55-57)35-16-6-3-7-17-35/h3-34H,1-2H3. The molecular formula is C53H38N4. The van der Waals surface area contributed by atoms with Gasteiger partial charge in [-0.1, -0.05) is 153 Å². The predicted octanol–water partition coefficient (Wildman–Crippen LogP) is 13.3. The lowest BCUT2D eigenvalue weighted by Crippen LogP contribution is -2.14. The van der Waals surface area contributed by atoms with Crippen LogP contribution in [0.5, 0.6) is 0 Å². The summed E-state index contributed by atoms with van der Waals surface area (Å²) in [6.45, 7) is 4.69. The van der Waals surface area contributed by atoms with Gasteiger partial charge in [-0.25, -0.2) is 9.67 Å². The fourth-order valence-electron chi connectivity index (χ4n) is 8.93. The van der Waals surface area contributed by atoms with E-state index < -0.39 is 0 Å². The Bertz CT molecular complexity index is 3140. The predicted molar refractivity (Wildman–Crippen MR) is 235 cm³/mol. The SMILES string of the molecule is CC1(C)c2ccccc2-c2ccc(-c3cc(-c4ccc5c(c4)c4ccccc4n5-c4ccccc4)cc(-n4nc(-c5ccccc5)nc4-c4ccccc4)c3)cc21. The second kappa shape index (κ2) is 12.9. The molecule has 4 heteroatoms. The van der Waals surface area contributed by atoms with E-state index in [0.29, 0.717) is 5.82 Å². The highest BCUT2D eigenvalue weighted by Crippen LogP contribution is 2.50. The molecule has 0 saturated heterocycles. The Hall–Kier alpha value is -7.30. The number of benzene rings is 8. The van der Waals surface area contributed by atoms with Crippen LogP contribution in [0.4, 0.5) is 0 Å². The fourth-order valence-corrected chi connectivity index (χ4v) is 8.93. The molecule has 0 bridgehead atoms. The summed E-state index contributed by atoms with van der Waals surface area (Å²) in [4.78, 5) is 5.18. The van der Waals surface area contributed by atoms with Gasteiger partial charge in [-0.2, -0.15) is 0 Å². The van der Waals surface area contributed by atoms with Gasteiger partial charge in [0.2, 0.25) is 0 Å². The van der Waals surface area contributed by atoms with Gasteiger partial charge >= 0.3 is 0 Å². The summed E-state index contributed by atoms with van der Waals surface area (Å²) in [5.41, 5.74) is 16.2. The quantitative estimate of drug-likeness (QED) is 0.171. The maximum atomic E-state index is 5.23. The van der Waals surface area contributed by atoms with Gasteiger partial charge in [-0.3, -0.25) is 0 Å². The Morgan fingerprint density at radius 1 is 0.404 bits per heavy atom. The molecule has 2 heterocycles. The Balaban J connectivity index is 1.15. The zero-order valence-corrected chi connectivity index (χ0v) is 31.8. The number of rotatable bonds is 6. The molecule has 57 heavy (non-hydrogen) atoms. The molecule has 0 unspecified atom stereocenters. The summed E-state index contributed by atoms with van der Waals surface area (Å²) in [7, 11) is 0. The molecule has 0 spiro atoms. The number of nitrogens with zero attached hydrogens (tertiary/aromatic N) is 4. The van der Waals surface area contributed by atoms with Crippen molar-refractivity contribution in [3.05, 3.63) is 205 Å². The van der Waals surface area contributed by atoms with Crippen LogP contribution in [-0.4, -0.2) is 19.3 Å². The fraction of sp³-hybridized carbons (Fsp3) is 0.0566. The summed E-state index contributed by atoms with van der Waals surface area (Å²) in [6, 6.07) is 69.6. The molecule has 1 aliphatic carbocycles. The van der Waals surface area contributed by atoms with Gasteiger partial charge < -0.3 is 4.57 Å². The van der Waals surface area contributed by atoms with Crippen LogP contribution in [0.25, 0.3) is 89.3 Å². The first kappa shape index (κ1) is 33.1. The van der Waals surface area contributed by atoms with Gasteiger partial charge in [-0.05, 0) is 99.1 Å². The second-order valence-electron chi connectivity index (χ2n) is 15.5. The number of fused-ring (bicyclic) bond motifs is 6. The summed E-state index contributed by atoms with van der Waals surface area (Å²) < 4.78 is 4.39. The van der Waals surface area contributed by atoms with Crippen LogP contribution in [0, 0.1) is 0 Å². The molecule has 0 aliphatic heterocycles. The van der Waals surface area contributed by atoms with Crippen LogP contribution in [0.15, 0.2) is 194 Å². The van der Waals surface area contributed by atoms with Gasteiger partial charge in [0.1, 0.15) is 0 Å². The van der Waals surface area contributed by atoms with Crippen molar-refractivity contribution >= 4 is 21.8 Å². The zero-order valence-electron chi connectivity index (χ0n) is 31.8. The number of para-hydroxylation sites is 2. The second-order valence-corrected chi connectivity index (χ2v) is 15.5. The van der Waals surface area contributed by atoms with Crippen molar-refractivity contribution in [3.63, 3.8) is 0 Å². The van der Waals surface area contributed by atoms with Crippen molar-refractivity contribution in [2.45, 2.75) is 19.3 Å². The Morgan fingerprint density at radius 2 is 1.00 bits per heavy atom. The third-order valence-electron chi connectivity index (χ3n) is 11.8. The van der Waals surface area contributed by atoms with Crippen molar-refractivity contribution in [2.24, 2.45) is 0 Å². The van der Waals surface area contributed by atoms with Gasteiger partial charge in [0.15, 0.2) is 11.6 Å². The van der Waals surface area contributed by atoms with Crippen molar-refractivity contribution < 1.29 is 0 Å². The van der Waals surface area contributed by atoms with Crippen LogP contribution in [0.1, 0.15) is 25.0 Å². The van der Waals surface area contributed by atoms with Crippen LogP contribution < -0.4 is 0 Å². The molecule has 0 saturated carbocycles. The van der Waals surface area contributed by atoms with Gasteiger partial charge in [0, 0.05) is 33.0 Å². The number of aromatic nitrogens is 4.